The zero-order valence-corrected chi connectivity index (χ0v) is 11.3. The van der Waals surface area contributed by atoms with Crippen LogP contribution in [0.1, 0.15) is 43.6 Å². The van der Waals surface area contributed by atoms with Crippen molar-refractivity contribution in [2.45, 2.75) is 39.7 Å². The van der Waals surface area contributed by atoms with Gasteiger partial charge in [-0.1, -0.05) is 13.3 Å². The Balaban J connectivity index is 2.09. The first kappa shape index (κ1) is 12.9. The molecule has 0 bridgehead atoms. The highest BCUT2D eigenvalue weighted by molar-refractivity contribution is 5.92. The molecule has 0 atom stereocenters. The molecule has 2 rings (SSSR count). The molecule has 0 aliphatic carbocycles. The highest BCUT2D eigenvalue weighted by Crippen LogP contribution is 2.15. The lowest BCUT2D eigenvalue weighted by Crippen LogP contribution is -2.32. The minimum Gasteiger partial charge on any atom is -0.356 e. The van der Waals surface area contributed by atoms with Crippen LogP contribution in [-0.4, -0.2) is 40.0 Å². The van der Waals surface area contributed by atoms with Gasteiger partial charge in [0.2, 0.25) is 5.95 Å². The van der Waals surface area contributed by atoms with Gasteiger partial charge in [-0.2, -0.15) is 0 Å². The van der Waals surface area contributed by atoms with Crippen molar-refractivity contribution < 1.29 is 4.79 Å². The fourth-order valence-corrected chi connectivity index (χ4v) is 2.19. The molecule has 0 saturated heterocycles. The molecule has 1 N–H and O–H groups in total. The summed E-state index contributed by atoms with van der Waals surface area (Å²) in [4.78, 5) is 18.6. The molecule has 1 aromatic rings. The van der Waals surface area contributed by atoms with Crippen molar-refractivity contribution in [1.29, 1.82) is 0 Å². The lowest BCUT2D eigenvalue weighted by molar-refractivity contribution is 0.0757. The molecule has 0 spiro atoms. The monoisotopic (exact) mass is 250 g/mol. The Kier molecular flexibility index (Phi) is 4.23. The second-order valence-electron chi connectivity index (χ2n) is 4.66. The van der Waals surface area contributed by atoms with Crippen LogP contribution in [0.3, 0.4) is 0 Å². The molecule has 100 valence electrons. The number of carbonyl (C=O) groups excluding carboxylic acids is 1. The van der Waals surface area contributed by atoms with Gasteiger partial charge in [0.25, 0.3) is 5.91 Å². The minimum absolute atomic E-state index is 0.0506. The van der Waals surface area contributed by atoms with Gasteiger partial charge in [0.1, 0.15) is 5.69 Å². The van der Waals surface area contributed by atoms with E-state index in [9.17, 15) is 4.79 Å². The first-order valence-corrected chi connectivity index (χ1v) is 6.86. The van der Waals surface area contributed by atoms with E-state index in [1.54, 1.807) is 0 Å². The number of amides is 1. The van der Waals surface area contributed by atoms with Crippen molar-refractivity contribution in [3.05, 3.63) is 11.9 Å². The molecule has 5 heteroatoms. The van der Waals surface area contributed by atoms with Gasteiger partial charge >= 0.3 is 0 Å². The number of hydrogen-bond acceptors (Lipinski definition) is 3. The normalized spacial score (nSPS) is 13.9. The highest BCUT2D eigenvalue weighted by Gasteiger charge is 2.20. The maximum atomic E-state index is 12.3. The predicted molar refractivity (Wildman–Crippen MR) is 71.8 cm³/mol. The summed E-state index contributed by atoms with van der Waals surface area (Å²) in [6, 6.07) is 0. The lowest BCUT2D eigenvalue weighted by atomic mass is 10.3. The quantitative estimate of drug-likeness (QED) is 0.869. The van der Waals surface area contributed by atoms with Crippen LogP contribution in [-0.2, 0) is 6.54 Å². The Morgan fingerprint density at radius 3 is 3.06 bits per heavy atom. The van der Waals surface area contributed by atoms with Crippen LogP contribution in [0.2, 0.25) is 0 Å². The van der Waals surface area contributed by atoms with Crippen molar-refractivity contribution in [3.8, 4) is 0 Å². The van der Waals surface area contributed by atoms with Gasteiger partial charge in [-0.05, 0) is 19.8 Å². The van der Waals surface area contributed by atoms with Crippen LogP contribution >= 0.6 is 0 Å². The highest BCUT2D eigenvalue weighted by atomic mass is 16.2. The van der Waals surface area contributed by atoms with Gasteiger partial charge in [0.15, 0.2) is 0 Å². The number of nitrogens with one attached hydrogen (secondary N) is 1. The van der Waals surface area contributed by atoms with Crippen molar-refractivity contribution in [2.24, 2.45) is 0 Å². The van der Waals surface area contributed by atoms with E-state index in [4.69, 9.17) is 0 Å². The van der Waals surface area contributed by atoms with Crippen LogP contribution in [0.5, 0.6) is 0 Å². The second kappa shape index (κ2) is 5.89. The molecule has 1 amide bonds. The van der Waals surface area contributed by atoms with Crippen molar-refractivity contribution in [1.82, 2.24) is 14.5 Å². The zero-order chi connectivity index (χ0) is 13.0. The minimum atomic E-state index is 0.0506. The lowest BCUT2D eigenvalue weighted by Gasteiger charge is -2.19. The number of nitrogens with zero attached hydrogens (tertiary/aromatic N) is 3. The number of anilines is 1. The van der Waals surface area contributed by atoms with E-state index in [1.807, 2.05) is 22.6 Å². The third-order valence-electron chi connectivity index (χ3n) is 3.31. The fraction of sp³-hybridized carbons (Fsp3) is 0.692. The van der Waals surface area contributed by atoms with E-state index in [2.05, 4.69) is 17.2 Å². The number of fused-ring (bicyclic) bond motifs is 1. The molecule has 1 aliphatic heterocycles. The Morgan fingerprint density at radius 2 is 2.39 bits per heavy atom. The van der Waals surface area contributed by atoms with Crippen LogP contribution in [0, 0.1) is 0 Å². The van der Waals surface area contributed by atoms with Gasteiger partial charge in [0.05, 0.1) is 0 Å². The average molecular weight is 250 g/mol. The molecule has 5 nitrogen and oxygen atoms in total. The summed E-state index contributed by atoms with van der Waals surface area (Å²) in [5, 5.41) is 3.22. The summed E-state index contributed by atoms with van der Waals surface area (Å²) >= 11 is 0. The largest absolute Gasteiger partial charge is 0.356 e. The first-order chi connectivity index (χ1) is 8.76. The standard InChI is InChI=1S/C13H22N4O/c1-3-5-8-16(4-2)12(18)11-10-17-9-6-7-14-13(17)15-11/h10H,3-9H2,1-2H3,(H,14,15). The van der Waals surface area contributed by atoms with Crippen molar-refractivity contribution in [2.75, 3.05) is 25.0 Å². The van der Waals surface area contributed by atoms with Crippen LogP contribution in [0.15, 0.2) is 6.20 Å². The number of imidazole rings is 1. The summed E-state index contributed by atoms with van der Waals surface area (Å²) < 4.78 is 2.03. The van der Waals surface area contributed by atoms with Crippen LogP contribution in [0.4, 0.5) is 5.95 Å². The molecular weight excluding hydrogens is 228 g/mol. The Labute approximate surface area is 108 Å². The van der Waals surface area contributed by atoms with E-state index in [0.29, 0.717) is 5.69 Å². The number of hydrogen-bond donors (Lipinski definition) is 1. The smallest absolute Gasteiger partial charge is 0.274 e. The average Bonchev–Trinajstić information content (AvgIpc) is 2.83. The Morgan fingerprint density at radius 1 is 1.56 bits per heavy atom. The fourth-order valence-electron chi connectivity index (χ4n) is 2.19. The molecule has 18 heavy (non-hydrogen) atoms. The Hall–Kier alpha value is -1.52. The van der Waals surface area contributed by atoms with Crippen LogP contribution in [0.25, 0.3) is 0 Å². The third-order valence-corrected chi connectivity index (χ3v) is 3.31. The molecular formula is C13H22N4O. The van der Waals surface area contributed by atoms with E-state index in [1.165, 1.54) is 0 Å². The summed E-state index contributed by atoms with van der Waals surface area (Å²) in [5.41, 5.74) is 0.567. The maximum absolute atomic E-state index is 12.3. The molecule has 1 aromatic heterocycles. The van der Waals surface area contributed by atoms with Crippen molar-refractivity contribution in [3.63, 3.8) is 0 Å². The number of rotatable bonds is 5. The van der Waals surface area contributed by atoms with Gasteiger partial charge in [0, 0.05) is 32.4 Å². The molecule has 0 unspecified atom stereocenters. The zero-order valence-electron chi connectivity index (χ0n) is 11.3. The number of aryl methyl sites for hydroxylation is 1. The molecule has 2 heterocycles. The summed E-state index contributed by atoms with van der Waals surface area (Å²) in [6.45, 7) is 7.61. The molecule has 0 fully saturated rings. The maximum Gasteiger partial charge on any atom is 0.274 e. The van der Waals surface area contributed by atoms with Crippen molar-refractivity contribution >= 4 is 11.9 Å². The van der Waals surface area contributed by atoms with E-state index < -0.39 is 0 Å². The van der Waals surface area contributed by atoms with E-state index in [-0.39, 0.29) is 5.91 Å². The van der Waals surface area contributed by atoms with Gasteiger partial charge in [-0.3, -0.25) is 4.79 Å². The molecule has 0 aromatic carbocycles. The number of carbonyl (C=O) groups is 1. The number of aromatic nitrogens is 2. The Bertz CT molecular complexity index is 390. The predicted octanol–water partition coefficient (Wildman–Crippen LogP) is 1.96. The van der Waals surface area contributed by atoms with Gasteiger partial charge < -0.3 is 14.8 Å². The van der Waals surface area contributed by atoms with E-state index >= 15 is 0 Å². The van der Waals surface area contributed by atoms with Crippen LogP contribution < -0.4 is 5.32 Å². The summed E-state index contributed by atoms with van der Waals surface area (Å²) in [7, 11) is 0. The van der Waals surface area contributed by atoms with E-state index in [0.717, 1.165) is 51.4 Å². The number of unbranched alkanes of at least 4 members (excludes halogenated alkanes) is 1. The topological polar surface area (TPSA) is 50.2 Å². The summed E-state index contributed by atoms with van der Waals surface area (Å²) in [6.07, 6.45) is 5.11. The summed E-state index contributed by atoms with van der Waals surface area (Å²) in [5.74, 6) is 0.880. The van der Waals surface area contributed by atoms with Gasteiger partial charge in [-0.25, -0.2) is 4.98 Å². The SMILES string of the molecule is CCCCN(CC)C(=O)c1cn2c(n1)NCCC2. The third kappa shape index (κ3) is 2.66. The first-order valence-electron chi connectivity index (χ1n) is 6.86. The second-order valence-corrected chi connectivity index (χ2v) is 4.66. The molecule has 0 saturated carbocycles. The molecule has 0 radical (unpaired) electrons. The van der Waals surface area contributed by atoms with Gasteiger partial charge in [-0.15, -0.1) is 0 Å². The molecule has 1 aliphatic rings.